The first-order valence-electron chi connectivity index (χ1n) is 7.36. The third-order valence-corrected chi connectivity index (χ3v) is 6.25. The summed E-state index contributed by atoms with van der Waals surface area (Å²) in [5.41, 5.74) is 0. The number of ether oxygens (including phenoxy) is 1. The highest BCUT2D eigenvalue weighted by molar-refractivity contribution is 7.99. The van der Waals surface area contributed by atoms with Crippen LogP contribution in [-0.4, -0.2) is 62.1 Å². The summed E-state index contributed by atoms with van der Waals surface area (Å²) in [6, 6.07) is 3.07. The number of hydrogen-bond acceptors (Lipinski definition) is 7. The molecule has 1 aliphatic heterocycles. The quantitative estimate of drug-likeness (QED) is 0.539. The van der Waals surface area contributed by atoms with Gasteiger partial charge in [-0.25, -0.2) is 13.4 Å². The van der Waals surface area contributed by atoms with Crippen LogP contribution in [0.4, 0.5) is 0 Å². The van der Waals surface area contributed by atoms with Crippen LogP contribution in [0.25, 0.3) is 0 Å². The maximum Gasteiger partial charge on any atom is 0.325 e. The molecular weight excluding hydrogens is 354 g/mol. The molecule has 24 heavy (non-hydrogen) atoms. The molecule has 0 saturated carbocycles. The maximum absolute atomic E-state index is 12.4. The Balaban J connectivity index is 1.88. The zero-order valence-electron chi connectivity index (χ0n) is 13.2. The minimum atomic E-state index is -3.48. The Kier molecular flexibility index (Phi) is 6.58. The van der Waals surface area contributed by atoms with Gasteiger partial charge in [-0.2, -0.15) is 4.31 Å². The average molecular weight is 373 g/mol. The smallest absolute Gasteiger partial charge is 0.325 e. The van der Waals surface area contributed by atoms with Crippen LogP contribution < -0.4 is 5.32 Å². The number of thioether (sulfide) groups is 1. The van der Waals surface area contributed by atoms with E-state index in [1.807, 2.05) is 0 Å². The number of aromatic nitrogens is 1. The predicted octanol–water partition coefficient (Wildman–Crippen LogP) is 0.247. The van der Waals surface area contributed by atoms with Crippen LogP contribution in [0.1, 0.15) is 12.8 Å². The molecule has 1 N–H and O–H groups in total. The van der Waals surface area contributed by atoms with E-state index in [1.54, 1.807) is 6.07 Å². The minimum Gasteiger partial charge on any atom is -0.468 e. The Labute approximate surface area is 145 Å². The fourth-order valence-electron chi connectivity index (χ4n) is 2.12. The summed E-state index contributed by atoms with van der Waals surface area (Å²) in [6.07, 6.45) is 3.06. The molecule has 2 heterocycles. The van der Waals surface area contributed by atoms with Gasteiger partial charge < -0.3 is 10.1 Å². The SMILES string of the molecule is COC(=O)CNC(=O)CSc1ccc(S(=O)(=O)N2CCCC2)cn1. The zero-order chi connectivity index (χ0) is 17.6. The largest absolute Gasteiger partial charge is 0.468 e. The van der Waals surface area contributed by atoms with E-state index in [0.717, 1.165) is 24.6 Å². The van der Waals surface area contributed by atoms with E-state index in [2.05, 4.69) is 15.0 Å². The second kappa shape index (κ2) is 8.45. The van der Waals surface area contributed by atoms with Gasteiger partial charge in [0.05, 0.1) is 17.9 Å². The van der Waals surface area contributed by atoms with Crippen molar-refractivity contribution in [3.8, 4) is 0 Å². The van der Waals surface area contributed by atoms with Gasteiger partial charge in [-0.05, 0) is 25.0 Å². The number of hydrogen-bond donors (Lipinski definition) is 1. The summed E-state index contributed by atoms with van der Waals surface area (Å²) in [4.78, 5) is 26.7. The topological polar surface area (TPSA) is 106 Å². The Hall–Kier alpha value is -1.65. The van der Waals surface area contributed by atoms with E-state index in [9.17, 15) is 18.0 Å². The first-order valence-corrected chi connectivity index (χ1v) is 9.78. The van der Waals surface area contributed by atoms with Crippen molar-refractivity contribution in [3.05, 3.63) is 18.3 Å². The van der Waals surface area contributed by atoms with E-state index in [1.165, 1.54) is 23.7 Å². The summed E-state index contributed by atoms with van der Waals surface area (Å²) in [6.45, 7) is 0.898. The van der Waals surface area contributed by atoms with Crippen molar-refractivity contribution in [2.45, 2.75) is 22.8 Å². The minimum absolute atomic E-state index is 0.0716. The maximum atomic E-state index is 12.4. The van der Waals surface area contributed by atoms with Crippen molar-refractivity contribution in [1.82, 2.24) is 14.6 Å². The lowest BCUT2D eigenvalue weighted by Gasteiger charge is -2.15. The van der Waals surface area contributed by atoms with Crippen LogP contribution in [0.15, 0.2) is 28.3 Å². The van der Waals surface area contributed by atoms with Crippen molar-refractivity contribution < 1.29 is 22.7 Å². The predicted molar refractivity (Wildman–Crippen MR) is 88.0 cm³/mol. The number of nitrogens with zero attached hydrogens (tertiary/aromatic N) is 2. The highest BCUT2D eigenvalue weighted by Gasteiger charge is 2.27. The molecule has 1 aromatic heterocycles. The molecule has 0 aromatic carbocycles. The molecular formula is C14H19N3O5S2. The molecule has 1 amide bonds. The Morgan fingerprint density at radius 2 is 2.04 bits per heavy atom. The molecule has 8 nitrogen and oxygen atoms in total. The lowest BCUT2D eigenvalue weighted by atomic mass is 10.4. The number of carbonyl (C=O) groups is 2. The van der Waals surface area contributed by atoms with Crippen LogP contribution in [0.5, 0.6) is 0 Å². The number of sulfonamides is 1. The second-order valence-electron chi connectivity index (χ2n) is 5.08. The standard InChI is InChI=1S/C14H19N3O5S2/c1-22-14(19)9-15-12(18)10-23-13-5-4-11(8-16-13)24(20,21)17-6-2-3-7-17/h4-5,8H,2-3,6-7,9-10H2,1H3,(H,15,18). The molecule has 1 aromatic rings. The highest BCUT2D eigenvalue weighted by Crippen LogP contribution is 2.22. The normalized spacial score (nSPS) is 15.2. The van der Waals surface area contributed by atoms with Crippen molar-refractivity contribution in [1.29, 1.82) is 0 Å². The van der Waals surface area contributed by atoms with Crippen molar-refractivity contribution in [2.24, 2.45) is 0 Å². The van der Waals surface area contributed by atoms with Crippen LogP contribution >= 0.6 is 11.8 Å². The molecule has 0 atom stereocenters. The van der Waals surface area contributed by atoms with Crippen LogP contribution in [0.2, 0.25) is 0 Å². The average Bonchev–Trinajstić information content (AvgIpc) is 3.13. The molecule has 1 aliphatic rings. The molecule has 10 heteroatoms. The number of rotatable bonds is 7. The third kappa shape index (κ3) is 4.92. The van der Waals surface area contributed by atoms with Gasteiger partial charge in [0.25, 0.3) is 0 Å². The monoisotopic (exact) mass is 373 g/mol. The zero-order valence-corrected chi connectivity index (χ0v) is 14.9. The molecule has 132 valence electrons. The van der Waals surface area contributed by atoms with E-state index in [4.69, 9.17) is 0 Å². The highest BCUT2D eigenvalue weighted by atomic mass is 32.2. The first kappa shape index (κ1) is 18.7. The molecule has 1 fully saturated rings. The molecule has 1 saturated heterocycles. The van der Waals surface area contributed by atoms with Gasteiger partial charge in [0.15, 0.2) is 0 Å². The number of esters is 1. The van der Waals surface area contributed by atoms with Crippen LogP contribution in [0.3, 0.4) is 0 Å². The van der Waals surface area contributed by atoms with Gasteiger partial charge in [0.1, 0.15) is 11.4 Å². The fourth-order valence-corrected chi connectivity index (χ4v) is 4.25. The number of carbonyl (C=O) groups excluding carboxylic acids is 2. The number of pyridine rings is 1. The summed E-state index contributed by atoms with van der Waals surface area (Å²) in [7, 11) is -2.24. The number of methoxy groups -OCH3 is 1. The summed E-state index contributed by atoms with van der Waals surface area (Å²) >= 11 is 1.16. The van der Waals surface area contributed by atoms with Gasteiger partial charge in [-0.3, -0.25) is 9.59 Å². The van der Waals surface area contributed by atoms with E-state index < -0.39 is 16.0 Å². The molecule has 0 bridgehead atoms. The Bertz CT molecular complexity index is 685. The fraction of sp³-hybridized carbons (Fsp3) is 0.500. The van der Waals surface area contributed by atoms with Crippen molar-refractivity contribution in [2.75, 3.05) is 32.5 Å². The van der Waals surface area contributed by atoms with Gasteiger partial charge in [-0.15, -0.1) is 0 Å². The van der Waals surface area contributed by atoms with E-state index >= 15 is 0 Å². The van der Waals surface area contributed by atoms with Crippen molar-refractivity contribution >= 4 is 33.7 Å². The van der Waals surface area contributed by atoms with Gasteiger partial charge >= 0.3 is 5.97 Å². The molecule has 2 rings (SSSR count). The number of nitrogens with one attached hydrogen (secondary N) is 1. The van der Waals surface area contributed by atoms with Gasteiger partial charge in [0, 0.05) is 19.3 Å². The summed E-state index contributed by atoms with van der Waals surface area (Å²) in [5, 5.41) is 2.94. The van der Waals surface area contributed by atoms with Crippen LogP contribution in [0, 0.1) is 0 Å². The Morgan fingerprint density at radius 1 is 1.33 bits per heavy atom. The molecule has 0 unspecified atom stereocenters. The molecule has 0 radical (unpaired) electrons. The van der Waals surface area contributed by atoms with Crippen LogP contribution in [-0.2, 0) is 24.3 Å². The third-order valence-electron chi connectivity index (χ3n) is 3.42. The molecule has 0 aliphatic carbocycles. The van der Waals surface area contributed by atoms with Gasteiger partial charge in [0.2, 0.25) is 15.9 Å². The first-order chi connectivity index (χ1) is 11.4. The van der Waals surface area contributed by atoms with E-state index in [-0.39, 0.29) is 23.1 Å². The Morgan fingerprint density at radius 3 is 2.62 bits per heavy atom. The lowest BCUT2D eigenvalue weighted by Crippen LogP contribution is -2.31. The summed E-state index contributed by atoms with van der Waals surface area (Å²) in [5.74, 6) is -0.786. The second-order valence-corrected chi connectivity index (χ2v) is 8.02. The van der Waals surface area contributed by atoms with Crippen molar-refractivity contribution in [3.63, 3.8) is 0 Å². The van der Waals surface area contributed by atoms with E-state index in [0.29, 0.717) is 18.1 Å². The summed E-state index contributed by atoms with van der Waals surface area (Å²) < 4.78 is 30.6. The molecule has 0 spiro atoms. The number of amides is 1. The lowest BCUT2D eigenvalue weighted by molar-refractivity contribution is -0.140. The van der Waals surface area contributed by atoms with Gasteiger partial charge in [-0.1, -0.05) is 11.8 Å².